The lowest BCUT2D eigenvalue weighted by Crippen LogP contribution is -2.34. The van der Waals surface area contributed by atoms with Gasteiger partial charge in [-0.25, -0.2) is 9.78 Å². The van der Waals surface area contributed by atoms with Crippen LogP contribution in [0.15, 0.2) is 54.0 Å². The van der Waals surface area contributed by atoms with Gasteiger partial charge in [-0.3, -0.25) is 0 Å². The number of carbonyl (C=O) groups excluding carboxylic acids is 1. The summed E-state index contributed by atoms with van der Waals surface area (Å²) < 4.78 is 5.21. The lowest BCUT2D eigenvalue weighted by molar-refractivity contribution is 0.193. The van der Waals surface area contributed by atoms with Gasteiger partial charge in [0.15, 0.2) is 0 Å². The zero-order valence-corrected chi connectivity index (χ0v) is 17.6. The minimum absolute atomic E-state index is 0.351. The molecule has 3 rings (SSSR count). The Kier molecular flexibility index (Phi) is 7.09. The average Bonchev–Trinajstić information content (AvgIpc) is 3.20. The summed E-state index contributed by atoms with van der Waals surface area (Å²) in [7, 11) is 1.62. The van der Waals surface area contributed by atoms with E-state index in [1.54, 1.807) is 43.8 Å². The maximum atomic E-state index is 12.6. The second kappa shape index (κ2) is 9.73. The smallest absolute Gasteiger partial charge is 0.319 e. The highest BCUT2D eigenvalue weighted by Crippen LogP contribution is 2.30. The normalized spacial score (nSPS) is 12.8. The van der Waals surface area contributed by atoms with Crippen LogP contribution in [0.3, 0.4) is 0 Å². The van der Waals surface area contributed by atoms with Gasteiger partial charge in [0, 0.05) is 10.7 Å². The number of ether oxygens (including phenoxy) is 1. The van der Waals surface area contributed by atoms with Crippen molar-refractivity contribution in [3.63, 3.8) is 0 Å². The van der Waals surface area contributed by atoms with Crippen molar-refractivity contribution in [2.24, 2.45) is 0 Å². The molecule has 152 valence electrons. The van der Waals surface area contributed by atoms with Crippen LogP contribution in [0.4, 0.5) is 10.5 Å². The fourth-order valence-electron chi connectivity index (χ4n) is 2.90. The van der Waals surface area contributed by atoms with Crippen LogP contribution in [0.1, 0.15) is 35.2 Å². The van der Waals surface area contributed by atoms with Gasteiger partial charge in [-0.2, -0.15) is 0 Å². The first kappa shape index (κ1) is 21.1. The molecule has 0 fully saturated rings. The summed E-state index contributed by atoms with van der Waals surface area (Å²) in [5, 5.41) is 16.5. The second-order valence-corrected chi connectivity index (χ2v) is 7.81. The van der Waals surface area contributed by atoms with Crippen LogP contribution in [-0.4, -0.2) is 23.2 Å². The van der Waals surface area contributed by atoms with Gasteiger partial charge in [0.1, 0.15) is 5.75 Å². The Bertz CT molecular complexity index is 943. The standard InChI is InChI=1S/C21H22ClN3O3S/c1-13(26)19-20(29-12-23-19)18(11-14-3-9-17(28-2)10-4-14)25-21(27)24-16-7-5-15(22)6-8-16/h3-10,12-13,18,26H,11H2,1-2H3,(H2,24,25,27). The summed E-state index contributed by atoms with van der Waals surface area (Å²) in [5.74, 6) is 0.765. The lowest BCUT2D eigenvalue weighted by Gasteiger charge is -2.20. The number of aliphatic hydroxyl groups is 1. The third-order valence-corrected chi connectivity index (χ3v) is 5.55. The average molecular weight is 432 g/mol. The number of nitrogens with one attached hydrogen (secondary N) is 2. The van der Waals surface area contributed by atoms with E-state index in [1.165, 1.54) is 11.3 Å². The van der Waals surface area contributed by atoms with E-state index in [9.17, 15) is 9.90 Å². The molecular weight excluding hydrogens is 410 g/mol. The van der Waals surface area contributed by atoms with Crippen molar-refractivity contribution in [1.82, 2.24) is 10.3 Å². The van der Waals surface area contributed by atoms with Crippen LogP contribution in [0.2, 0.25) is 5.02 Å². The number of anilines is 1. The molecule has 2 aromatic carbocycles. The van der Waals surface area contributed by atoms with Crippen molar-refractivity contribution < 1.29 is 14.6 Å². The number of methoxy groups -OCH3 is 1. The summed E-state index contributed by atoms with van der Waals surface area (Å²) in [6, 6.07) is 13.8. The maximum absolute atomic E-state index is 12.6. The minimum atomic E-state index is -0.726. The molecule has 0 radical (unpaired) electrons. The first-order chi connectivity index (χ1) is 14.0. The summed E-state index contributed by atoms with van der Waals surface area (Å²) in [6.45, 7) is 1.66. The molecule has 1 heterocycles. The van der Waals surface area contributed by atoms with E-state index in [1.807, 2.05) is 24.3 Å². The molecule has 0 saturated carbocycles. The van der Waals surface area contributed by atoms with E-state index in [-0.39, 0.29) is 12.1 Å². The number of hydrogen-bond donors (Lipinski definition) is 3. The summed E-state index contributed by atoms with van der Waals surface area (Å²) in [4.78, 5) is 17.7. The Hall–Kier alpha value is -2.61. The van der Waals surface area contributed by atoms with Crippen molar-refractivity contribution in [2.75, 3.05) is 12.4 Å². The molecule has 0 aliphatic carbocycles. The van der Waals surface area contributed by atoms with Crippen LogP contribution in [0.25, 0.3) is 0 Å². The molecule has 0 spiro atoms. The number of benzene rings is 2. The Morgan fingerprint density at radius 1 is 1.21 bits per heavy atom. The monoisotopic (exact) mass is 431 g/mol. The molecule has 2 atom stereocenters. The zero-order chi connectivity index (χ0) is 20.8. The number of aliphatic hydroxyl groups excluding tert-OH is 1. The fourth-order valence-corrected chi connectivity index (χ4v) is 3.96. The molecular formula is C21H22ClN3O3S. The maximum Gasteiger partial charge on any atom is 0.319 e. The first-order valence-corrected chi connectivity index (χ1v) is 10.3. The molecule has 3 aromatic rings. The predicted molar refractivity (Wildman–Crippen MR) is 116 cm³/mol. The van der Waals surface area contributed by atoms with E-state index >= 15 is 0 Å². The molecule has 0 aliphatic rings. The van der Waals surface area contributed by atoms with Crippen molar-refractivity contribution in [3.8, 4) is 5.75 Å². The third kappa shape index (κ3) is 5.69. The quantitative estimate of drug-likeness (QED) is 0.493. The number of halogens is 1. The molecule has 2 unspecified atom stereocenters. The van der Waals surface area contributed by atoms with Crippen LogP contribution in [-0.2, 0) is 6.42 Å². The largest absolute Gasteiger partial charge is 0.497 e. The SMILES string of the molecule is COc1ccc(CC(NC(=O)Nc2ccc(Cl)cc2)c2scnc2C(C)O)cc1. The van der Waals surface area contributed by atoms with Crippen LogP contribution >= 0.6 is 22.9 Å². The molecule has 6 nitrogen and oxygen atoms in total. The molecule has 0 saturated heterocycles. The Morgan fingerprint density at radius 3 is 2.52 bits per heavy atom. The van der Waals surface area contributed by atoms with Crippen LogP contribution in [0.5, 0.6) is 5.75 Å². The summed E-state index contributed by atoms with van der Waals surface area (Å²) >= 11 is 7.30. The van der Waals surface area contributed by atoms with Gasteiger partial charge in [0.2, 0.25) is 0 Å². The second-order valence-electron chi connectivity index (χ2n) is 6.49. The van der Waals surface area contributed by atoms with Gasteiger partial charge in [0.05, 0.1) is 35.3 Å². The molecule has 29 heavy (non-hydrogen) atoms. The van der Waals surface area contributed by atoms with Gasteiger partial charge in [-0.05, 0) is 55.3 Å². The van der Waals surface area contributed by atoms with E-state index in [4.69, 9.17) is 16.3 Å². The zero-order valence-electron chi connectivity index (χ0n) is 16.1. The van der Waals surface area contributed by atoms with Gasteiger partial charge in [-0.15, -0.1) is 11.3 Å². The van der Waals surface area contributed by atoms with Gasteiger partial charge < -0.3 is 20.5 Å². The third-order valence-electron chi connectivity index (χ3n) is 4.34. The summed E-state index contributed by atoms with van der Waals surface area (Å²) in [5.41, 5.74) is 3.90. The van der Waals surface area contributed by atoms with Crippen LogP contribution < -0.4 is 15.4 Å². The van der Waals surface area contributed by atoms with E-state index in [2.05, 4.69) is 15.6 Å². The Labute approximate surface area is 178 Å². The number of aromatic nitrogens is 1. The van der Waals surface area contributed by atoms with Crippen molar-refractivity contribution in [3.05, 3.63) is 75.2 Å². The van der Waals surface area contributed by atoms with Gasteiger partial charge in [0.25, 0.3) is 0 Å². The summed E-state index contributed by atoms with van der Waals surface area (Å²) in [6.07, 6.45) is -0.185. The van der Waals surface area contributed by atoms with E-state index in [0.29, 0.717) is 22.8 Å². The number of thiazole rings is 1. The number of carbonyl (C=O) groups is 1. The topological polar surface area (TPSA) is 83.5 Å². The highest BCUT2D eigenvalue weighted by molar-refractivity contribution is 7.09. The minimum Gasteiger partial charge on any atom is -0.497 e. The molecule has 1 aromatic heterocycles. The highest BCUT2D eigenvalue weighted by Gasteiger charge is 2.23. The number of amides is 2. The Morgan fingerprint density at radius 2 is 1.90 bits per heavy atom. The van der Waals surface area contributed by atoms with E-state index < -0.39 is 6.10 Å². The van der Waals surface area contributed by atoms with Gasteiger partial charge >= 0.3 is 6.03 Å². The molecule has 8 heteroatoms. The number of hydrogen-bond acceptors (Lipinski definition) is 5. The Balaban J connectivity index is 1.80. The van der Waals surface area contributed by atoms with Crippen molar-refractivity contribution >= 4 is 34.7 Å². The number of nitrogens with zero attached hydrogens (tertiary/aromatic N) is 1. The fraction of sp³-hybridized carbons (Fsp3) is 0.238. The van der Waals surface area contributed by atoms with Crippen molar-refractivity contribution in [1.29, 1.82) is 0 Å². The van der Waals surface area contributed by atoms with E-state index in [0.717, 1.165) is 16.2 Å². The highest BCUT2D eigenvalue weighted by atomic mass is 35.5. The van der Waals surface area contributed by atoms with Gasteiger partial charge in [-0.1, -0.05) is 23.7 Å². The predicted octanol–water partition coefficient (Wildman–Crippen LogP) is 4.96. The first-order valence-electron chi connectivity index (χ1n) is 9.03. The number of rotatable bonds is 7. The molecule has 0 bridgehead atoms. The molecule has 2 amide bonds. The van der Waals surface area contributed by atoms with Crippen molar-refractivity contribution in [2.45, 2.75) is 25.5 Å². The van der Waals surface area contributed by atoms with Crippen LogP contribution in [0, 0.1) is 0 Å². The molecule has 3 N–H and O–H groups in total. The lowest BCUT2D eigenvalue weighted by atomic mass is 10.0. The molecule has 0 aliphatic heterocycles. The number of urea groups is 1.